The first kappa shape index (κ1) is 18.8. The minimum absolute atomic E-state index is 0.0155. The van der Waals surface area contributed by atoms with Crippen molar-refractivity contribution in [1.82, 2.24) is 10.2 Å². The first-order valence-corrected chi connectivity index (χ1v) is 9.98. The fraction of sp³-hybridized carbons (Fsp3) is 0.250. The van der Waals surface area contributed by atoms with E-state index >= 15 is 0 Å². The van der Waals surface area contributed by atoms with Gasteiger partial charge in [-0.3, -0.25) is 10.1 Å². The van der Waals surface area contributed by atoms with Gasteiger partial charge in [-0.1, -0.05) is 49.4 Å². The lowest BCUT2D eigenvalue weighted by Gasteiger charge is -2.05. The predicted octanol–water partition coefficient (Wildman–Crippen LogP) is 2.61. The summed E-state index contributed by atoms with van der Waals surface area (Å²) in [5.41, 5.74) is 1.75. The van der Waals surface area contributed by atoms with Crippen LogP contribution in [0.1, 0.15) is 30.9 Å². The van der Waals surface area contributed by atoms with Crippen LogP contribution in [0.25, 0.3) is 6.08 Å². The van der Waals surface area contributed by atoms with Gasteiger partial charge < -0.3 is 0 Å². The van der Waals surface area contributed by atoms with Crippen molar-refractivity contribution in [2.45, 2.75) is 24.1 Å². The van der Waals surface area contributed by atoms with E-state index in [4.69, 9.17) is 0 Å². The summed E-state index contributed by atoms with van der Waals surface area (Å²) in [6.07, 6.45) is 2.46. The van der Waals surface area contributed by atoms with Gasteiger partial charge in [-0.2, -0.15) is 5.26 Å². The predicted molar refractivity (Wildman–Crippen MR) is 95.8 cm³/mol. The molecule has 7 nitrogen and oxygen atoms in total. The third-order valence-corrected chi connectivity index (χ3v) is 5.73. The largest absolute Gasteiger partial charge is 0.296 e. The van der Waals surface area contributed by atoms with Gasteiger partial charge in [-0.15, -0.1) is 10.2 Å². The Morgan fingerprint density at radius 2 is 1.92 bits per heavy atom. The highest BCUT2D eigenvalue weighted by Crippen LogP contribution is 2.21. The Balaban J connectivity index is 2.18. The molecule has 1 aromatic carbocycles. The van der Waals surface area contributed by atoms with Crippen molar-refractivity contribution < 1.29 is 13.2 Å². The van der Waals surface area contributed by atoms with Crippen molar-refractivity contribution in [3.05, 3.63) is 41.0 Å². The average Bonchev–Trinajstić information content (AvgIpc) is 3.01. The molecule has 0 aliphatic rings. The van der Waals surface area contributed by atoms with E-state index in [1.807, 2.05) is 30.3 Å². The van der Waals surface area contributed by atoms with E-state index in [0.29, 0.717) is 11.5 Å². The molecule has 0 saturated carbocycles. The van der Waals surface area contributed by atoms with E-state index in [1.54, 1.807) is 0 Å². The molecule has 0 radical (unpaired) electrons. The molecule has 2 rings (SSSR count). The van der Waals surface area contributed by atoms with Crippen LogP contribution in [0.4, 0.5) is 5.13 Å². The molecule has 1 N–H and O–H groups in total. The first-order valence-electron chi connectivity index (χ1n) is 7.27. The number of hydrogen-bond acceptors (Lipinski definition) is 7. The Morgan fingerprint density at radius 1 is 1.28 bits per heavy atom. The van der Waals surface area contributed by atoms with Crippen LogP contribution in [-0.2, 0) is 14.6 Å². The molecule has 0 bridgehead atoms. The second kappa shape index (κ2) is 7.55. The Morgan fingerprint density at radius 3 is 2.40 bits per heavy atom. The number of benzene rings is 1. The minimum atomic E-state index is -3.49. The normalized spacial score (nSPS) is 12.0. The summed E-state index contributed by atoms with van der Waals surface area (Å²) in [7, 11) is -3.49. The van der Waals surface area contributed by atoms with Crippen LogP contribution >= 0.6 is 11.3 Å². The summed E-state index contributed by atoms with van der Waals surface area (Å²) < 4.78 is 22.5. The molecule has 0 aliphatic heterocycles. The molecular weight excluding hydrogens is 360 g/mol. The van der Waals surface area contributed by atoms with Gasteiger partial charge in [0.05, 0.1) is 0 Å². The molecular formula is C16H16N4O3S2. The van der Waals surface area contributed by atoms with Gasteiger partial charge >= 0.3 is 0 Å². The third kappa shape index (κ3) is 4.95. The number of nitrogens with one attached hydrogen (secondary N) is 1. The SMILES string of the molecule is CC(C)c1ccc(/C=C(/C#N)C(=O)Nc2nnc(S(C)(=O)=O)s2)cc1. The summed E-state index contributed by atoms with van der Waals surface area (Å²) in [5.74, 6) is -0.287. The zero-order valence-corrected chi connectivity index (χ0v) is 15.5. The standard InChI is InChI=1S/C16H16N4O3S2/c1-10(2)12-6-4-11(5-7-12)8-13(9-17)14(21)18-15-19-20-16(24-15)25(3,22)23/h4-8,10H,1-3H3,(H,18,19,21)/b13-8-. The van der Waals surface area contributed by atoms with E-state index in [1.165, 1.54) is 6.08 Å². The molecule has 0 fully saturated rings. The van der Waals surface area contributed by atoms with Crippen molar-refractivity contribution in [2.75, 3.05) is 11.6 Å². The summed E-state index contributed by atoms with van der Waals surface area (Å²) in [5, 5.41) is 18.7. The van der Waals surface area contributed by atoms with Gasteiger partial charge in [0.1, 0.15) is 11.6 Å². The summed E-state index contributed by atoms with van der Waals surface area (Å²) in [4.78, 5) is 12.2. The third-order valence-electron chi connectivity index (χ3n) is 3.22. The van der Waals surface area contributed by atoms with Gasteiger partial charge in [0, 0.05) is 6.26 Å². The average molecular weight is 376 g/mol. The van der Waals surface area contributed by atoms with E-state index in [0.717, 1.165) is 23.2 Å². The van der Waals surface area contributed by atoms with Crippen LogP contribution in [-0.4, -0.2) is 30.8 Å². The van der Waals surface area contributed by atoms with Crippen molar-refractivity contribution >= 4 is 38.3 Å². The van der Waals surface area contributed by atoms with E-state index < -0.39 is 15.7 Å². The molecule has 1 aromatic heterocycles. The van der Waals surface area contributed by atoms with E-state index in [9.17, 15) is 18.5 Å². The number of sulfone groups is 1. The molecule has 2 aromatic rings. The van der Waals surface area contributed by atoms with Crippen molar-refractivity contribution in [2.24, 2.45) is 0 Å². The highest BCUT2D eigenvalue weighted by molar-refractivity contribution is 7.92. The lowest BCUT2D eigenvalue weighted by molar-refractivity contribution is -0.112. The zero-order valence-electron chi connectivity index (χ0n) is 13.8. The lowest BCUT2D eigenvalue weighted by Crippen LogP contribution is -2.13. The highest BCUT2D eigenvalue weighted by atomic mass is 32.2. The number of nitriles is 1. The van der Waals surface area contributed by atoms with Gasteiger partial charge in [0.2, 0.25) is 19.3 Å². The Kier molecular flexibility index (Phi) is 5.66. The Labute approximate surface area is 149 Å². The number of carbonyl (C=O) groups is 1. The summed E-state index contributed by atoms with van der Waals surface area (Å²) in [6.45, 7) is 4.15. The Bertz CT molecular complexity index is 952. The molecule has 0 atom stereocenters. The second-order valence-electron chi connectivity index (χ2n) is 5.59. The quantitative estimate of drug-likeness (QED) is 0.487. The number of amides is 1. The maximum atomic E-state index is 12.2. The van der Waals surface area contributed by atoms with Gasteiger partial charge in [-0.25, -0.2) is 8.42 Å². The second-order valence-corrected chi connectivity index (χ2v) is 8.76. The summed E-state index contributed by atoms with van der Waals surface area (Å²) >= 11 is 0.729. The fourth-order valence-electron chi connectivity index (χ4n) is 1.87. The van der Waals surface area contributed by atoms with Crippen molar-refractivity contribution in [3.63, 3.8) is 0 Å². The van der Waals surface area contributed by atoms with Crippen LogP contribution in [0, 0.1) is 11.3 Å². The lowest BCUT2D eigenvalue weighted by atomic mass is 10.0. The molecule has 0 aliphatic carbocycles. The smallest absolute Gasteiger partial charge is 0.268 e. The zero-order chi connectivity index (χ0) is 18.6. The Hall–Kier alpha value is -2.57. The number of aromatic nitrogens is 2. The van der Waals surface area contributed by atoms with E-state index in [-0.39, 0.29) is 15.0 Å². The maximum absolute atomic E-state index is 12.2. The number of rotatable bonds is 5. The van der Waals surface area contributed by atoms with Crippen LogP contribution in [0.2, 0.25) is 0 Å². The maximum Gasteiger partial charge on any atom is 0.268 e. The van der Waals surface area contributed by atoms with Crippen LogP contribution in [0.3, 0.4) is 0 Å². The molecule has 130 valence electrons. The van der Waals surface area contributed by atoms with Crippen LogP contribution < -0.4 is 5.32 Å². The molecule has 9 heteroatoms. The highest BCUT2D eigenvalue weighted by Gasteiger charge is 2.17. The number of anilines is 1. The topological polar surface area (TPSA) is 113 Å². The number of carbonyl (C=O) groups excluding carboxylic acids is 1. The fourth-order valence-corrected chi connectivity index (χ4v) is 3.37. The molecule has 1 amide bonds. The van der Waals surface area contributed by atoms with Gasteiger partial charge in [-0.05, 0) is 23.1 Å². The van der Waals surface area contributed by atoms with Gasteiger partial charge in [0.15, 0.2) is 0 Å². The van der Waals surface area contributed by atoms with Crippen LogP contribution in [0.15, 0.2) is 34.2 Å². The minimum Gasteiger partial charge on any atom is -0.296 e. The summed E-state index contributed by atoms with van der Waals surface area (Å²) in [6, 6.07) is 9.36. The van der Waals surface area contributed by atoms with Gasteiger partial charge in [0.25, 0.3) is 5.91 Å². The molecule has 1 heterocycles. The van der Waals surface area contributed by atoms with Crippen LogP contribution in [0.5, 0.6) is 0 Å². The molecule has 0 saturated heterocycles. The monoisotopic (exact) mass is 376 g/mol. The number of hydrogen-bond donors (Lipinski definition) is 1. The molecule has 0 spiro atoms. The number of nitrogens with zero attached hydrogens (tertiary/aromatic N) is 3. The van der Waals surface area contributed by atoms with Crippen molar-refractivity contribution in [1.29, 1.82) is 5.26 Å². The van der Waals surface area contributed by atoms with Crippen molar-refractivity contribution in [3.8, 4) is 6.07 Å². The molecule has 25 heavy (non-hydrogen) atoms. The van der Waals surface area contributed by atoms with E-state index in [2.05, 4.69) is 29.4 Å². The first-order chi connectivity index (χ1) is 11.7. The molecule has 0 unspecified atom stereocenters.